The molecular weight excluding hydrogens is 360 g/mol. The van der Waals surface area contributed by atoms with E-state index >= 15 is 0 Å². The molecule has 7 heteroatoms. The summed E-state index contributed by atoms with van der Waals surface area (Å²) in [5.41, 5.74) is 0.449. The van der Waals surface area contributed by atoms with Gasteiger partial charge in [0.25, 0.3) is 0 Å². The van der Waals surface area contributed by atoms with E-state index in [1.807, 2.05) is 18.9 Å². The number of hydrogen-bond acceptors (Lipinski definition) is 4. The van der Waals surface area contributed by atoms with E-state index < -0.39 is 10.0 Å². The molecule has 0 heterocycles. The molecule has 4 aliphatic rings. The fourth-order valence-electron chi connectivity index (χ4n) is 5.74. The maximum absolute atomic E-state index is 13.0. The minimum Gasteiger partial charge on any atom is -0.279 e. The van der Waals surface area contributed by atoms with Crippen LogP contribution in [0, 0.1) is 17.8 Å². The van der Waals surface area contributed by atoms with E-state index in [2.05, 4.69) is 15.1 Å². The van der Waals surface area contributed by atoms with Crippen LogP contribution >= 0.6 is 0 Å². The molecular formula is C20H30N4O2S. The van der Waals surface area contributed by atoms with Gasteiger partial charge in [0.05, 0.1) is 10.6 Å². The number of nitrogens with one attached hydrogen (secondary N) is 1. The first-order chi connectivity index (χ1) is 12.9. The van der Waals surface area contributed by atoms with Crippen LogP contribution in [-0.2, 0) is 10.0 Å². The summed E-state index contributed by atoms with van der Waals surface area (Å²) in [7, 11) is -3.51. The molecule has 4 fully saturated rings. The van der Waals surface area contributed by atoms with Gasteiger partial charge in [-0.05, 0) is 94.4 Å². The van der Waals surface area contributed by atoms with Crippen molar-refractivity contribution in [3.63, 3.8) is 0 Å². The average molecular weight is 391 g/mol. The van der Waals surface area contributed by atoms with Crippen molar-refractivity contribution in [1.29, 1.82) is 0 Å². The van der Waals surface area contributed by atoms with Crippen molar-refractivity contribution in [2.24, 2.45) is 28.1 Å². The maximum atomic E-state index is 13.0. The predicted molar refractivity (Wildman–Crippen MR) is 105 cm³/mol. The van der Waals surface area contributed by atoms with Gasteiger partial charge in [0.2, 0.25) is 10.0 Å². The van der Waals surface area contributed by atoms with Gasteiger partial charge < -0.3 is 0 Å². The SMILES string of the molecule is CCN(CC)N=Nc1ccc(S(=O)(=O)NC23CC4CC(CC(C4)C2)C3)cc1. The predicted octanol–water partition coefficient (Wildman–Crippen LogP) is 4.27. The fraction of sp³-hybridized carbons (Fsp3) is 0.700. The summed E-state index contributed by atoms with van der Waals surface area (Å²) in [4.78, 5) is 0.319. The molecule has 0 aromatic heterocycles. The zero-order valence-corrected chi connectivity index (χ0v) is 17.1. The number of nitrogens with zero attached hydrogens (tertiary/aromatic N) is 3. The summed E-state index contributed by atoms with van der Waals surface area (Å²) in [5.74, 6) is 2.13. The molecule has 4 aliphatic carbocycles. The minimum absolute atomic E-state index is 0.214. The molecule has 27 heavy (non-hydrogen) atoms. The van der Waals surface area contributed by atoms with Crippen molar-refractivity contribution in [2.45, 2.75) is 62.8 Å². The minimum atomic E-state index is -3.51. The van der Waals surface area contributed by atoms with Crippen LogP contribution in [0.3, 0.4) is 0 Å². The Morgan fingerprint density at radius 1 is 1.00 bits per heavy atom. The van der Waals surface area contributed by atoms with Gasteiger partial charge in [-0.15, -0.1) is 5.11 Å². The van der Waals surface area contributed by atoms with Crippen LogP contribution in [0.2, 0.25) is 0 Å². The Kier molecular flexibility index (Phi) is 5.01. The largest absolute Gasteiger partial charge is 0.279 e. The molecule has 5 rings (SSSR count). The molecule has 1 N–H and O–H groups in total. The van der Waals surface area contributed by atoms with Crippen molar-refractivity contribution in [3.8, 4) is 0 Å². The van der Waals surface area contributed by atoms with Gasteiger partial charge in [-0.2, -0.15) is 0 Å². The first-order valence-electron chi connectivity index (χ1n) is 10.2. The summed E-state index contributed by atoms with van der Waals surface area (Å²) in [6.07, 6.45) is 6.92. The Labute approximate surface area is 162 Å². The van der Waals surface area contributed by atoms with E-state index in [9.17, 15) is 8.42 Å². The van der Waals surface area contributed by atoms with Gasteiger partial charge in [-0.3, -0.25) is 5.01 Å². The second-order valence-corrected chi connectivity index (χ2v) is 10.3. The van der Waals surface area contributed by atoms with Crippen LogP contribution in [0.25, 0.3) is 0 Å². The molecule has 0 atom stereocenters. The lowest BCUT2D eigenvalue weighted by Gasteiger charge is -2.56. The molecule has 6 nitrogen and oxygen atoms in total. The molecule has 0 unspecified atom stereocenters. The number of benzene rings is 1. The van der Waals surface area contributed by atoms with Crippen LogP contribution in [0.1, 0.15) is 52.4 Å². The lowest BCUT2D eigenvalue weighted by atomic mass is 9.53. The van der Waals surface area contributed by atoms with Crippen LogP contribution in [0.15, 0.2) is 39.5 Å². The zero-order valence-electron chi connectivity index (χ0n) is 16.3. The van der Waals surface area contributed by atoms with E-state index in [1.54, 1.807) is 24.3 Å². The van der Waals surface area contributed by atoms with Crippen LogP contribution < -0.4 is 4.72 Å². The molecule has 1 aromatic carbocycles. The summed E-state index contributed by atoms with van der Waals surface area (Å²) in [6.45, 7) is 5.63. The first kappa shape index (κ1) is 18.9. The van der Waals surface area contributed by atoms with E-state index in [4.69, 9.17) is 0 Å². The standard InChI is InChI=1S/C20H30N4O2S/c1-3-24(4-2)23-21-18-5-7-19(8-6-18)27(25,26)22-20-12-15-9-16(13-20)11-17(10-15)14-20/h5-8,15-17,22H,3-4,9-14H2,1-2H3. The van der Waals surface area contributed by atoms with Gasteiger partial charge in [-0.25, -0.2) is 13.1 Å². The highest BCUT2D eigenvalue weighted by atomic mass is 32.2. The van der Waals surface area contributed by atoms with E-state index in [1.165, 1.54) is 19.3 Å². The van der Waals surface area contributed by atoms with Gasteiger partial charge in [0, 0.05) is 18.6 Å². The number of rotatable bonds is 7. The molecule has 0 amide bonds. The number of sulfonamides is 1. The maximum Gasteiger partial charge on any atom is 0.241 e. The topological polar surface area (TPSA) is 74.1 Å². The molecule has 0 aliphatic heterocycles. The summed E-state index contributed by atoms with van der Waals surface area (Å²) >= 11 is 0. The Morgan fingerprint density at radius 2 is 1.52 bits per heavy atom. The highest BCUT2D eigenvalue weighted by Gasteiger charge is 2.52. The second-order valence-electron chi connectivity index (χ2n) is 8.63. The highest BCUT2D eigenvalue weighted by Crippen LogP contribution is 2.55. The third-order valence-corrected chi connectivity index (χ3v) is 8.15. The summed E-state index contributed by atoms with van der Waals surface area (Å²) < 4.78 is 29.1. The van der Waals surface area contributed by atoms with Crippen molar-refractivity contribution in [1.82, 2.24) is 9.73 Å². The average Bonchev–Trinajstić information content (AvgIpc) is 2.61. The van der Waals surface area contributed by atoms with E-state index in [0.29, 0.717) is 28.3 Å². The van der Waals surface area contributed by atoms with Gasteiger partial charge in [-0.1, -0.05) is 5.22 Å². The van der Waals surface area contributed by atoms with Crippen LogP contribution in [-0.4, -0.2) is 32.1 Å². The van der Waals surface area contributed by atoms with Crippen LogP contribution in [0.4, 0.5) is 5.69 Å². The third-order valence-electron chi connectivity index (χ3n) is 6.55. The molecule has 4 bridgehead atoms. The van der Waals surface area contributed by atoms with Crippen molar-refractivity contribution < 1.29 is 8.42 Å². The van der Waals surface area contributed by atoms with Crippen LogP contribution in [0.5, 0.6) is 0 Å². The number of hydrogen-bond donors (Lipinski definition) is 1. The van der Waals surface area contributed by atoms with Gasteiger partial charge >= 0.3 is 0 Å². The smallest absolute Gasteiger partial charge is 0.241 e. The zero-order chi connectivity index (χ0) is 19.1. The van der Waals surface area contributed by atoms with Crippen molar-refractivity contribution >= 4 is 15.7 Å². The lowest BCUT2D eigenvalue weighted by Crippen LogP contribution is -2.59. The quantitative estimate of drug-likeness (QED) is 0.558. The van der Waals surface area contributed by atoms with Crippen molar-refractivity contribution in [2.75, 3.05) is 13.1 Å². The second kappa shape index (κ2) is 7.17. The molecule has 4 saturated carbocycles. The fourth-order valence-corrected chi connectivity index (χ4v) is 7.17. The van der Waals surface area contributed by atoms with Crippen molar-refractivity contribution in [3.05, 3.63) is 24.3 Å². The van der Waals surface area contributed by atoms with E-state index in [-0.39, 0.29) is 5.54 Å². The highest BCUT2D eigenvalue weighted by molar-refractivity contribution is 7.89. The third kappa shape index (κ3) is 3.90. The molecule has 1 aromatic rings. The Hall–Kier alpha value is -1.47. The monoisotopic (exact) mass is 390 g/mol. The molecule has 0 radical (unpaired) electrons. The van der Waals surface area contributed by atoms with Gasteiger partial charge in [0.15, 0.2) is 0 Å². The molecule has 0 saturated heterocycles. The van der Waals surface area contributed by atoms with Gasteiger partial charge in [0.1, 0.15) is 0 Å². The summed E-state index contributed by atoms with van der Waals surface area (Å²) in [5, 5.41) is 10.2. The normalized spacial score (nSPS) is 32.3. The first-order valence-corrected chi connectivity index (χ1v) is 11.7. The Bertz CT molecular complexity index is 764. The summed E-state index contributed by atoms with van der Waals surface area (Å²) in [6, 6.07) is 6.72. The molecule has 148 valence electrons. The lowest BCUT2D eigenvalue weighted by molar-refractivity contribution is -0.00810. The Morgan fingerprint density at radius 3 is 2.00 bits per heavy atom. The molecule has 0 spiro atoms. The van der Waals surface area contributed by atoms with E-state index in [0.717, 1.165) is 32.4 Å². The Balaban J connectivity index is 1.48.